The summed E-state index contributed by atoms with van der Waals surface area (Å²) in [5.74, 6) is -0.403. The Labute approximate surface area is 141 Å². The number of nitrogens with one attached hydrogen (secondary N) is 1. The number of likely N-dealkylation sites (tertiary alicyclic amines) is 1. The summed E-state index contributed by atoms with van der Waals surface area (Å²) in [6, 6.07) is 9.04. The van der Waals surface area contributed by atoms with Gasteiger partial charge in [-0.2, -0.15) is 5.26 Å². The molecule has 24 heavy (non-hydrogen) atoms. The van der Waals surface area contributed by atoms with E-state index >= 15 is 0 Å². The second-order valence-corrected chi connectivity index (χ2v) is 7.32. The minimum atomic E-state index is -0.679. The van der Waals surface area contributed by atoms with Crippen molar-refractivity contribution < 1.29 is 4.79 Å². The van der Waals surface area contributed by atoms with E-state index in [4.69, 9.17) is 5.73 Å². The molecule has 1 aliphatic carbocycles. The molecule has 1 amide bonds. The molecule has 2 heterocycles. The van der Waals surface area contributed by atoms with Gasteiger partial charge >= 0.3 is 0 Å². The van der Waals surface area contributed by atoms with Gasteiger partial charge in [-0.15, -0.1) is 0 Å². The fraction of sp³-hybridized carbons (Fsp3) is 0.474. The molecule has 0 saturated carbocycles. The Kier molecular flexibility index (Phi) is 3.58. The van der Waals surface area contributed by atoms with Crippen LogP contribution in [0.3, 0.4) is 0 Å². The number of benzene rings is 1. The number of carbonyl (C=O) groups is 1. The number of rotatable bonds is 3. The van der Waals surface area contributed by atoms with Crippen LogP contribution in [0.5, 0.6) is 0 Å². The molecule has 5 heteroatoms. The van der Waals surface area contributed by atoms with E-state index in [-0.39, 0.29) is 0 Å². The van der Waals surface area contributed by atoms with Crippen molar-refractivity contribution in [1.29, 1.82) is 5.26 Å². The van der Waals surface area contributed by atoms with Gasteiger partial charge in [-0.25, -0.2) is 0 Å². The quantitative estimate of drug-likeness (QED) is 0.908. The number of H-pyrrole nitrogens is 1. The number of nitrogens with zero attached hydrogens (tertiary/aromatic N) is 2. The normalized spacial score (nSPS) is 27.4. The van der Waals surface area contributed by atoms with Crippen molar-refractivity contribution in [3.8, 4) is 6.07 Å². The lowest BCUT2D eigenvalue weighted by atomic mass is 9.71. The largest absolute Gasteiger partial charge is 0.369 e. The van der Waals surface area contributed by atoms with Gasteiger partial charge in [0.2, 0.25) is 5.91 Å². The number of likely N-dealkylation sites (N-methyl/N-ethyl adjacent to an activating group) is 1. The third-order valence-electron chi connectivity index (χ3n) is 5.88. The number of hydrogen-bond acceptors (Lipinski definition) is 3. The van der Waals surface area contributed by atoms with E-state index in [0.29, 0.717) is 24.3 Å². The Morgan fingerprint density at radius 1 is 1.54 bits per heavy atom. The molecule has 1 aliphatic heterocycles. The van der Waals surface area contributed by atoms with Crippen LogP contribution in [0.4, 0.5) is 0 Å². The van der Waals surface area contributed by atoms with E-state index in [1.807, 2.05) is 0 Å². The lowest BCUT2D eigenvalue weighted by Gasteiger charge is -2.45. The van der Waals surface area contributed by atoms with Crippen LogP contribution in [-0.2, 0) is 11.2 Å². The summed E-state index contributed by atoms with van der Waals surface area (Å²) in [5.41, 5.74) is 9.38. The van der Waals surface area contributed by atoms with Crippen LogP contribution in [-0.4, -0.2) is 35.4 Å². The van der Waals surface area contributed by atoms with Crippen LogP contribution in [0.25, 0.3) is 10.9 Å². The maximum absolute atomic E-state index is 11.4. The Balaban J connectivity index is 1.66. The average molecular weight is 322 g/mol. The molecular formula is C19H22N4O. The number of carbonyl (C=O) groups excluding carboxylic acids is 1. The Hall–Kier alpha value is -2.32. The molecular weight excluding hydrogens is 300 g/mol. The standard InChI is InChI=1S/C19H22N4O/c1-23-10-11(5-12(8-20)19(21)24)6-15-14-3-2-4-16-18(14)13(9-22-16)7-17(15)23/h2-4,9,11-12,15,17,22H,5-7,10H2,1H3,(H2,21,24)/t11-,12?,15-,17-/m1/s1. The van der Waals surface area contributed by atoms with Crippen LogP contribution in [0.2, 0.25) is 0 Å². The van der Waals surface area contributed by atoms with Gasteiger partial charge in [-0.05, 0) is 49.4 Å². The zero-order valence-electron chi connectivity index (χ0n) is 13.8. The average Bonchev–Trinajstić information content (AvgIpc) is 2.98. The van der Waals surface area contributed by atoms with E-state index < -0.39 is 11.8 Å². The molecule has 5 nitrogen and oxygen atoms in total. The highest BCUT2D eigenvalue weighted by Gasteiger charge is 2.40. The minimum absolute atomic E-state index is 0.323. The first-order chi connectivity index (χ1) is 11.6. The molecule has 1 aromatic carbocycles. The number of amides is 1. The number of aromatic amines is 1. The fourth-order valence-corrected chi connectivity index (χ4v) is 4.79. The van der Waals surface area contributed by atoms with Crippen molar-refractivity contribution in [2.45, 2.75) is 31.2 Å². The highest BCUT2D eigenvalue weighted by molar-refractivity contribution is 5.88. The number of aromatic nitrogens is 1. The van der Waals surface area contributed by atoms with Gasteiger partial charge in [0.15, 0.2) is 0 Å². The van der Waals surface area contributed by atoms with E-state index in [2.05, 4.69) is 47.4 Å². The SMILES string of the molecule is CN1C[C@H](CC(C#N)C(N)=O)C[C@@H]2c3cccc4[nH]cc(c34)C[C@H]21. The topological polar surface area (TPSA) is 85.9 Å². The Bertz CT molecular complexity index is 833. The van der Waals surface area contributed by atoms with E-state index in [0.717, 1.165) is 19.4 Å². The van der Waals surface area contributed by atoms with E-state index in [1.54, 1.807) is 0 Å². The number of hydrogen-bond donors (Lipinski definition) is 2. The summed E-state index contributed by atoms with van der Waals surface area (Å²) in [5, 5.41) is 10.6. The van der Waals surface area contributed by atoms with Crippen molar-refractivity contribution in [1.82, 2.24) is 9.88 Å². The zero-order valence-corrected chi connectivity index (χ0v) is 13.8. The summed E-state index contributed by atoms with van der Waals surface area (Å²) < 4.78 is 0. The fourth-order valence-electron chi connectivity index (χ4n) is 4.79. The van der Waals surface area contributed by atoms with Gasteiger partial charge in [0.1, 0.15) is 5.92 Å². The summed E-state index contributed by atoms with van der Waals surface area (Å²) >= 11 is 0. The van der Waals surface area contributed by atoms with Gasteiger partial charge in [0.25, 0.3) is 0 Å². The van der Waals surface area contributed by atoms with Crippen LogP contribution >= 0.6 is 0 Å². The molecule has 0 bridgehead atoms. The summed E-state index contributed by atoms with van der Waals surface area (Å²) in [6.45, 7) is 0.919. The summed E-state index contributed by atoms with van der Waals surface area (Å²) in [6.07, 6.45) is 4.78. The summed E-state index contributed by atoms with van der Waals surface area (Å²) in [4.78, 5) is 17.2. The molecule has 124 valence electrons. The van der Waals surface area contributed by atoms with Crippen molar-refractivity contribution in [3.63, 3.8) is 0 Å². The molecule has 1 fully saturated rings. The molecule has 2 aliphatic rings. The molecule has 1 saturated heterocycles. The first-order valence-corrected chi connectivity index (χ1v) is 8.56. The number of nitriles is 1. The molecule has 2 aromatic rings. The van der Waals surface area contributed by atoms with Crippen LogP contribution < -0.4 is 5.73 Å². The molecule has 0 radical (unpaired) electrons. The first kappa shape index (κ1) is 15.2. The maximum atomic E-state index is 11.4. The van der Waals surface area contributed by atoms with Crippen molar-refractivity contribution in [2.24, 2.45) is 17.6 Å². The first-order valence-electron chi connectivity index (χ1n) is 8.56. The van der Waals surface area contributed by atoms with E-state index in [1.165, 1.54) is 22.0 Å². The summed E-state index contributed by atoms with van der Waals surface area (Å²) in [7, 11) is 2.16. The number of nitrogens with two attached hydrogens (primary N) is 1. The van der Waals surface area contributed by atoms with Crippen molar-refractivity contribution in [3.05, 3.63) is 35.5 Å². The maximum Gasteiger partial charge on any atom is 0.234 e. The monoisotopic (exact) mass is 322 g/mol. The third-order valence-corrected chi connectivity index (χ3v) is 5.88. The molecule has 0 spiro atoms. The molecule has 1 aromatic heterocycles. The van der Waals surface area contributed by atoms with Crippen LogP contribution in [0.1, 0.15) is 29.9 Å². The van der Waals surface area contributed by atoms with Crippen molar-refractivity contribution >= 4 is 16.8 Å². The Morgan fingerprint density at radius 3 is 3.12 bits per heavy atom. The van der Waals surface area contributed by atoms with Gasteiger partial charge in [-0.3, -0.25) is 4.79 Å². The van der Waals surface area contributed by atoms with E-state index in [9.17, 15) is 10.1 Å². The molecule has 4 rings (SSSR count). The number of primary amides is 1. The second-order valence-electron chi connectivity index (χ2n) is 7.32. The van der Waals surface area contributed by atoms with Crippen molar-refractivity contribution in [2.75, 3.05) is 13.6 Å². The molecule has 1 unspecified atom stereocenters. The van der Waals surface area contributed by atoms with Gasteiger partial charge < -0.3 is 15.6 Å². The zero-order chi connectivity index (χ0) is 16.8. The predicted octanol–water partition coefficient (Wildman–Crippen LogP) is 2.14. The Morgan fingerprint density at radius 2 is 2.38 bits per heavy atom. The van der Waals surface area contributed by atoms with Crippen LogP contribution in [0.15, 0.2) is 24.4 Å². The van der Waals surface area contributed by atoms with Gasteiger partial charge in [-0.1, -0.05) is 12.1 Å². The van der Waals surface area contributed by atoms with Gasteiger partial charge in [0.05, 0.1) is 6.07 Å². The smallest absolute Gasteiger partial charge is 0.234 e. The van der Waals surface area contributed by atoms with Gasteiger partial charge in [0, 0.05) is 35.6 Å². The third kappa shape index (κ3) is 2.30. The highest BCUT2D eigenvalue weighted by atomic mass is 16.1. The molecule has 3 N–H and O–H groups in total. The number of piperidine rings is 1. The predicted molar refractivity (Wildman–Crippen MR) is 92.2 cm³/mol. The number of fused-ring (bicyclic) bond motifs is 2. The lowest BCUT2D eigenvalue weighted by Crippen LogP contribution is -2.48. The molecule has 4 atom stereocenters. The highest BCUT2D eigenvalue weighted by Crippen LogP contribution is 2.45. The minimum Gasteiger partial charge on any atom is -0.369 e. The second kappa shape index (κ2) is 5.64. The lowest BCUT2D eigenvalue weighted by molar-refractivity contribution is -0.120. The van der Waals surface area contributed by atoms with Crippen LogP contribution in [0, 0.1) is 23.2 Å².